The van der Waals surface area contributed by atoms with Crippen LogP contribution in [0.3, 0.4) is 0 Å². The smallest absolute Gasteiger partial charge is 0.0380 e. The molecule has 5 heteroatoms. The van der Waals surface area contributed by atoms with Crippen molar-refractivity contribution in [2.75, 3.05) is 0 Å². The van der Waals surface area contributed by atoms with E-state index in [2.05, 4.69) is 40.7 Å². The zero-order chi connectivity index (χ0) is 6.41. The van der Waals surface area contributed by atoms with E-state index in [1.54, 1.807) is 0 Å². The number of nitrogens with zero attached hydrogens (tertiary/aromatic N) is 3. The van der Waals surface area contributed by atoms with Gasteiger partial charge in [-0.15, -0.1) is 5.10 Å². The summed E-state index contributed by atoms with van der Waals surface area (Å²) in [6, 6.07) is 0. The SMILES string of the molecule is [CH-]=C.[CH2-]c1nn[nH]n1.[Y]. The second-order valence-electron chi connectivity index (χ2n) is 0.828. The van der Waals surface area contributed by atoms with Crippen LogP contribution in [0.25, 0.3) is 0 Å². The van der Waals surface area contributed by atoms with Gasteiger partial charge in [0.05, 0.1) is 0 Å². The molecule has 0 saturated carbocycles. The molecule has 4 nitrogen and oxygen atoms in total. The summed E-state index contributed by atoms with van der Waals surface area (Å²) in [5, 5.41) is 12.4. The van der Waals surface area contributed by atoms with Crippen LogP contribution in [0, 0.1) is 13.5 Å². The van der Waals surface area contributed by atoms with Gasteiger partial charge in [0.2, 0.25) is 0 Å². The number of rotatable bonds is 0. The number of hydrogen-bond donors (Lipinski definition) is 1. The van der Waals surface area contributed by atoms with E-state index in [1.165, 1.54) is 0 Å². The van der Waals surface area contributed by atoms with Crippen molar-refractivity contribution in [1.82, 2.24) is 20.6 Å². The maximum atomic E-state index is 4.25. The Morgan fingerprint density at radius 3 is 2.22 bits per heavy atom. The molecule has 0 atom stereocenters. The summed E-state index contributed by atoms with van der Waals surface area (Å²) < 4.78 is 0. The van der Waals surface area contributed by atoms with Crippen LogP contribution in [0.4, 0.5) is 0 Å². The van der Waals surface area contributed by atoms with Gasteiger partial charge in [-0.05, 0) is 0 Å². The van der Waals surface area contributed by atoms with Crippen LogP contribution < -0.4 is 0 Å². The molecule has 0 unspecified atom stereocenters. The second-order valence-corrected chi connectivity index (χ2v) is 0.828. The monoisotopic (exact) mass is 199 g/mol. The van der Waals surface area contributed by atoms with Crippen LogP contribution in [-0.4, -0.2) is 20.6 Å². The van der Waals surface area contributed by atoms with Crippen molar-refractivity contribution in [3.8, 4) is 0 Å². The maximum Gasteiger partial charge on any atom is 0.0380 e. The van der Waals surface area contributed by atoms with Crippen LogP contribution in [0.15, 0.2) is 6.58 Å². The average Bonchev–Trinajstić information content (AvgIpc) is 2.24. The second kappa shape index (κ2) is 7.78. The summed E-state index contributed by atoms with van der Waals surface area (Å²) in [6.07, 6.45) is 0. The van der Waals surface area contributed by atoms with Gasteiger partial charge in [-0.2, -0.15) is 10.3 Å². The van der Waals surface area contributed by atoms with Crippen molar-refractivity contribution in [3.05, 3.63) is 25.9 Å². The molecule has 0 amide bonds. The molecule has 1 aromatic rings. The minimum absolute atomic E-state index is 0. The predicted octanol–water partition coefficient (Wildman–Crippen LogP) is -0.0152. The van der Waals surface area contributed by atoms with Gasteiger partial charge in [0.1, 0.15) is 0 Å². The molecule has 1 aromatic heterocycles. The Hall–Kier alpha value is -0.216. The number of H-pyrrole nitrogens is 1. The van der Waals surface area contributed by atoms with Crippen molar-refractivity contribution in [1.29, 1.82) is 0 Å². The van der Waals surface area contributed by atoms with Crippen LogP contribution in [0.5, 0.6) is 0 Å². The largest absolute Gasteiger partial charge is 0.521 e. The molecule has 0 aliphatic carbocycles. The predicted molar refractivity (Wildman–Crippen MR) is 28.6 cm³/mol. The van der Waals surface area contributed by atoms with Crippen LogP contribution in [0.2, 0.25) is 0 Å². The Bertz CT molecular complexity index is 127. The van der Waals surface area contributed by atoms with Crippen LogP contribution >= 0.6 is 0 Å². The molecule has 1 rings (SSSR count). The summed E-state index contributed by atoms with van der Waals surface area (Å²) in [5.41, 5.74) is 0. The molecule has 0 bridgehead atoms. The van der Waals surface area contributed by atoms with Crippen LogP contribution in [0.1, 0.15) is 5.82 Å². The summed E-state index contributed by atoms with van der Waals surface area (Å²) in [5.74, 6) is 0.426. The first-order valence-corrected chi connectivity index (χ1v) is 1.86. The molecule has 1 N–H and O–H groups in total. The van der Waals surface area contributed by atoms with E-state index in [1.807, 2.05) is 0 Å². The van der Waals surface area contributed by atoms with Gasteiger partial charge in [-0.25, -0.2) is 0 Å². The Labute approximate surface area is 79.0 Å². The fraction of sp³-hybridized carbons (Fsp3) is 0. The van der Waals surface area contributed by atoms with Crippen LogP contribution in [-0.2, 0) is 32.7 Å². The van der Waals surface area contributed by atoms with E-state index in [9.17, 15) is 0 Å². The number of hydrogen-bond acceptors (Lipinski definition) is 3. The first kappa shape index (κ1) is 11.6. The van der Waals surface area contributed by atoms with Gasteiger partial charge < -0.3 is 13.5 Å². The number of nitrogens with one attached hydrogen (secondary N) is 1. The summed E-state index contributed by atoms with van der Waals surface area (Å²) in [7, 11) is 0. The molecule has 0 saturated heterocycles. The van der Waals surface area contributed by atoms with Gasteiger partial charge in [0.15, 0.2) is 0 Å². The van der Waals surface area contributed by atoms with Crippen molar-refractivity contribution in [2.45, 2.75) is 0 Å². The molecular formula is C4H6N4Y-2. The zero-order valence-electron chi connectivity index (χ0n) is 4.91. The first-order chi connectivity index (χ1) is 3.89. The molecule has 0 aliphatic rings. The quantitative estimate of drug-likeness (QED) is 0.597. The molecule has 0 aromatic carbocycles. The topological polar surface area (TPSA) is 54.5 Å². The Balaban J connectivity index is 0. The van der Waals surface area contributed by atoms with E-state index < -0.39 is 0 Å². The Morgan fingerprint density at radius 2 is 2.11 bits per heavy atom. The number of aromatic amines is 1. The number of aromatic nitrogens is 4. The summed E-state index contributed by atoms with van der Waals surface area (Å²) in [6.45, 7) is 10.4. The first-order valence-electron chi connectivity index (χ1n) is 1.86. The van der Waals surface area contributed by atoms with E-state index in [-0.39, 0.29) is 32.7 Å². The third-order valence-electron chi connectivity index (χ3n) is 0.389. The van der Waals surface area contributed by atoms with Crippen molar-refractivity contribution in [3.63, 3.8) is 0 Å². The minimum Gasteiger partial charge on any atom is -0.521 e. The van der Waals surface area contributed by atoms with Gasteiger partial charge >= 0.3 is 0 Å². The van der Waals surface area contributed by atoms with Gasteiger partial charge in [0.25, 0.3) is 0 Å². The molecular weight excluding hydrogens is 193 g/mol. The third kappa shape index (κ3) is 5.66. The molecule has 1 radical (unpaired) electrons. The molecule has 9 heavy (non-hydrogen) atoms. The third-order valence-corrected chi connectivity index (χ3v) is 0.389. The maximum absolute atomic E-state index is 4.25. The Morgan fingerprint density at radius 1 is 1.56 bits per heavy atom. The standard InChI is InChI=1S/C2H3N4.C2H3.Y/c1-2-3-5-6-4-2;1-2;/h1H2,(H,3,4,5,6);1H,2H2;/q2*-1;. The minimum atomic E-state index is 0. The molecule has 0 fully saturated rings. The van der Waals surface area contributed by atoms with Gasteiger partial charge in [-0.3, -0.25) is 6.58 Å². The molecule has 1 heterocycles. The van der Waals surface area contributed by atoms with Gasteiger partial charge in [0, 0.05) is 38.5 Å². The number of tetrazole rings is 1. The summed E-state index contributed by atoms with van der Waals surface area (Å²) in [4.78, 5) is 0. The molecule has 47 valence electrons. The van der Waals surface area contributed by atoms with Crippen molar-refractivity contribution >= 4 is 0 Å². The van der Waals surface area contributed by atoms with Gasteiger partial charge in [-0.1, -0.05) is 5.21 Å². The van der Waals surface area contributed by atoms with E-state index in [4.69, 9.17) is 0 Å². The molecule has 0 spiro atoms. The van der Waals surface area contributed by atoms with E-state index in [0.717, 1.165) is 0 Å². The molecule has 0 aliphatic heterocycles. The fourth-order valence-corrected chi connectivity index (χ4v) is 0.183. The Kier molecular flexibility index (Phi) is 10.0. The van der Waals surface area contributed by atoms with Crippen molar-refractivity contribution < 1.29 is 32.7 Å². The average molecular weight is 199 g/mol. The van der Waals surface area contributed by atoms with Crippen molar-refractivity contribution in [2.24, 2.45) is 0 Å². The summed E-state index contributed by atoms with van der Waals surface area (Å²) >= 11 is 0. The zero-order valence-corrected chi connectivity index (χ0v) is 7.75. The normalized spacial score (nSPS) is 6.22. The van der Waals surface area contributed by atoms with E-state index in [0.29, 0.717) is 5.82 Å². The van der Waals surface area contributed by atoms with E-state index >= 15 is 0 Å². The fourth-order valence-electron chi connectivity index (χ4n) is 0.183.